The Morgan fingerprint density at radius 3 is 2.48 bits per heavy atom. The molecule has 124 valence electrons. The third-order valence-electron chi connectivity index (χ3n) is 3.34. The van der Waals surface area contributed by atoms with Crippen LogP contribution in [-0.4, -0.2) is 22.2 Å². The van der Waals surface area contributed by atoms with Crippen molar-refractivity contribution >= 4 is 5.91 Å². The molecule has 1 aromatic heterocycles. The molecule has 0 aliphatic rings. The number of nitrogens with one attached hydrogen (secondary N) is 1. The Balaban J connectivity index is 2.10. The largest absolute Gasteiger partial charge is 0.433 e. The molecule has 0 atom stereocenters. The summed E-state index contributed by atoms with van der Waals surface area (Å²) in [5.74, 6) is -0.764. The van der Waals surface area contributed by atoms with E-state index in [0.717, 1.165) is 16.4 Å². The van der Waals surface area contributed by atoms with Crippen molar-refractivity contribution in [2.45, 2.75) is 32.5 Å². The maximum atomic E-state index is 13.2. The van der Waals surface area contributed by atoms with Crippen molar-refractivity contribution in [2.75, 3.05) is 6.54 Å². The van der Waals surface area contributed by atoms with Gasteiger partial charge in [-0.2, -0.15) is 18.3 Å². The van der Waals surface area contributed by atoms with Crippen molar-refractivity contribution < 1.29 is 18.0 Å². The van der Waals surface area contributed by atoms with Gasteiger partial charge in [-0.15, -0.1) is 0 Å². The van der Waals surface area contributed by atoms with E-state index in [1.807, 2.05) is 30.3 Å². The summed E-state index contributed by atoms with van der Waals surface area (Å²) < 4.78 is 40.5. The molecule has 1 amide bonds. The van der Waals surface area contributed by atoms with Crippen molar-refractivity contribution in [3.63, 3.8) is 0 Å². The first-order chi connectivity index (χ1) is 10.8. The highest BCUT2D eigenvalue weighted by Crippen LogP contribution is 2.33. The van der Waals surface area contributed by atoms with Crippen molar-refractivity contribution in [2.24, 2.45) is 0 Å². The van der Waals surface area contributed by atoms with Gasteiger partial charge in [0.05, 0.1) is 11.8 Å². The zero-order valence-corrected chi connectivity index (χ0v) is 12.9. The second-order valence-electron chi connectivity index (χ2n) is 5.43. The van der Waals surface area contributed by atoms with Crippen LogP contribution in [0.5, 0.6) is 0 Å². The van der Waals surface area contributed by atoms with Crippen LogP contribution in [0.15, 0.2) is 36.5 Å². The molecule has 2 rings (SSSR count). The van der Waals surface area contributed by atoms with E-state index in [4.69, 9.17) is 0 Å². The normalized spacial score (nSPS) is 11.7. The highest BCUT2D eigenvalue weighted by atomic mass is 19.4. The van der Waals surface area contributed by atoms with Crippen LogP contribution in [0.1, 0.15) is 41.5 Å². The molecule has 1 aromatic carbocycles. The summed E-state index contributed by atoms with van der Waals surface area (Å²) in [5, 5.41) is 6.23. The molecule has 1 N–H and O–H groups in total. The summed E-state index contributed by atoms with van der Waals surface area (Å²) in [6, 6.07) is 8.90. The zero-order valence-electron chi connectivity index (χ0n) is 12.9. The molecule has 0 saturated carbocycles. The molecular formula is C16H18F3N3O. The number of halogens is 3. The third-order valence-corrected chi connectivity index (χ3v) is 3.34. The Hall–Kier alpha value is -2.31. The summed E-state index contributed by atoms with van der Waals surface area (Å²) in [5.41, 5.74) is -0.453. The molecule has 0 fully saturated rings. The fraction of sp³-hybridized carbons (Fsp3) is 0.375. The minimum absolute atomic E-state index is 0.257. The Bertz CT molecular complexity index is 663. The van der Waals surface area contributed by atoms with Crippen LogP contribution in [0.3, 0.4) is 0 Å². The van der Waals surface area contributed by atoms with Gasteiger partial charge in [0.1, 0.15) is 0 Å². The van der Waals surface area contributed by atoms with E-state index in [2.05, 4.69) is 10.4 Å². The smallest absolute Gasteiger partial charge is 0.352 e. The van der Waals surface area contributed by atoms with E-state index in [1.54, 1.807) is 13.8 Å². The molecule has 0 aliphatic carbocycles. The van der Waals surface area contributed by atoms with Gasteiger partial charge < -0.3 is 5.32 Å². The Morgan fingerprint density at radius 2 is 1.91 bits per heavy atom. The fourth-order valence-electron chi connectivity index (χ4n) is 2.26. The lowest BCUT2D eigenvalue weighted by Gasteiger charge is -2.15. The van der Waals surface area contributed by atoms with Gasteiger partial charge in [0.2, 0.25) is 0 Å². The number of hydrogen-bond acceptors (Lipinski definition) is 2. The molecule has 0 aliphatic heterocycles. The average Bonchev–Trinajstić information content (AvgIpc) is 2.93. The molecule has 23 heavy (non-hydrogen) atoms. The maximum Gasteiger partial charge on any atom is 0.433 e. The standard InChI is InChI=1S/C16H18F3N3O/c1-11(2)22-14(16(17,18)19)13(10-21-22)15(23)20-9-8-12-6-4-3-5-7-12/h3-7,10-11H,8-9H2,1-2H3,(H,20,23). The van der Waals surface area contributed by atoms with Crippen LogP contribution in [0, 0.1) is 0 Å². The number of rotatable bonds is 5. The number of aromatic nitrogens is 2. The number of benzene rings is 1. The number of amides is 1. The molecule has 0 bridgehead atoms. The summed E-state index contributed by atoms with van der Waals surface area (Å²) in [7, 11) is 0. The first kappa shape index (κ1) is 17.1. The van der Waals surface area contributed by atoms with E-state index in [9.17, 15) is 18.0 Å². The van der Waals surface area contributed by atoms with Crippen LogP contribution in [0.25, 0.3) is 0 Å². The lowest BCUT2D eigenvalue weighted by atomic mass is 10.1. The van der Waals surface area contributed by atoms with Crippen LogP contribution in [0.2, 0.25) is 0 Å². The molecule has 1 heterocycles. The van der Waals surface area contributed by atoms with Crippen molar-refractivity contribution in [3.8, 4) is 0 Å². The van der Waals surface area contributed by atoms with Gasteiger partial charge in [-0.3, -0.25) is 9.48 Å². The van der Waals surface area contributed by atoms with Gasteiger partial charge in [0.25, 0.3) is 5.91 Å². The van der Waals surface area contributed by atoms with Crippen LogP contribution in [0.4, 0.5) is 13.2 Å². The van der Waals surface area contributed by atoms with Gasteiger partial charge in [-0.25, -0.2) is 0 Å². The zero-order chi connectivity index (χ0) is 17.0. The van der Waals surface area contributed by atoms with Crippen molar-refractivity contribution in [1.82, 2.24) is 15.1 Å². The van der Waals surface area contributed by atoms with Crippen molar-refractivity contribution in [1.29, 1.82) is 0 Å². The molecule has 0 spiro atoms. The summed E-state index contributed by atoms with van der Waals surface area (Å²) in [6.07, 6.45) is -3.11. The number of alkyl halides is 3. The number of carbonyl (C=O) groups is 1. The van der Waals surface area contributed by atoms with Gasteiger partial charge in [0.15, 0.2) is 5.69 Å². The molecule has 4 nitrogen and oxygen atoms in total. The minimum atomic E-state index is -4.63. The van der Waals surface area contributed by atoms with Gasteiger partial charge >= 0.3 is 6.18 Å². The van der Waals surface area contributed by atoms with Gasteiger partial charge in [-0.1, -0.05) is 30.3 Å². The maximum absolute atomic E-state index is 13.2. The minimum Gasteiger partial charge on any atom is -0.352 e. The molecule has 0 saturated heterocycles. The predicted octanol–water partition coefficient (Wildman–Crippen LogP) is 3.46. The molecule has 7 heteroatoms. The van der Waals surface area contributed by atoms with E-state index in [-0.39, 0.29) is 6.54 Å². The van der Waals surface area contributed by atoms with E-state index >= 15 is 0 Å². The first-order valence-corrected chi connectivity index (χ1v) is 7.27. The molecule has 2 aromatic rings. The van der Waals surface area contributed by atoms with Crippen LogP contribution >= 0.6 is 0 Å². The average molecular weight is 325 g/mol. The van der Waals surface area contributed by atoms with Gasteiger partial charge in [0, 0.05) is 12.6 Å². The van der Waals surface area contributed by atoms with E-state index in [0.29, 0.717) is 6.42 Å². The monoisotopic (exact) mass is 325 g/mol. The second kappa shape index (κ2) is 6.85. The fourth-order valence-corrected chi connectivity index (χ4v) is 2.26. The second-order valence-corrected chi connectivity index (χ2v) is 5.43. The lowest BCUT2D eigenvalue weighted by Crippen LogP contribution is -2.28. The first-order valence-electron chi connectivity index (χ1n) is 7.27. The topological polar surface area (TPSA) is 46.9 Å². The number of nitrogens with zero attached hydrogens (tertiary/aromatic N) is 2. The molecular weight excluding hydrogens is 307 g/mol. The third kappa shape index (κ3) is 4.12. The summed E-state index contributed by atoms with van der Waals surface area (Å²) >= 11 is 0. The van der Waals surface area contributed by atoms with Gasteiger partial charge in [-0.05, 0) is 25.8 Å². The van der Waals surface area contributed by atoms with Crippen LogP contribution in [-0.2, 0) is 12.6 Å². The number of carbonyl (C=O) groups excluding carboxylic acids is 1. The molecule has 0 radical (unpaired) electrons. The van der Waals surface area contributed by atoms with E-state index in [1.165, 1.54) is 0 Å². The summed E-state index contributed by atoms with van der Waals surface area (Å²) in [6.45, 7) is 3.42. The number of hydrogen-bond donors (Lipinski definition) is 1. The van der Waals surface area contributed by atoms with Crippen LogP contribution < -0.4 is 5.32 Å². The highest BCUT2D eigenvalue weighted by molar-refractivity contribution is 5.95. The quantitative estimate of drug-likeness (QED) is 0.915. The SMILES string of the molecule is CC(C)n1ncc(C(=O)NCCc2ccccc2)c1C(F)(F)F. The van der Waals surface area contributed by atoms with E-state index < -0.39 is 29.4 Å². The Labute approximate surface area is 132 Å². The Morgan fingerprint density at radius 1 is 1.26 bits per heavy atom. The predicted molar refractivity (Wildman–Crippen MR) is 80.1 cm³/mol. The summed E-state index contributed by atoms with van der Waals surface area (Å²) in [4.78, 5) is 12.1. The van der Waals surface area contributed by atoms with Crippen molar-refractivity contribution in [3.05, 3.63) is 53.3 Å². The Kier molecular flexibility index (Phi) is 5.08. The lowest BCUT2D eigenvalue weighted by molar-refractivity contribution is -0.145. The molecule has 0 unspecified atom stereocenters. The highest BCUT2D eigenvalue weighted by Gasteiger charge is 2.40.